The molecule has 1 rings (SSSR count). The molecular weight excluding hydrogens is 215 g/mol. The molecule has 1 atom stereocenters. The van der Waals surface area contributed by atoms with E-state index in [1.54, 1.807) is 13.8 Å². The molecule has 0 aliphatic heterocycles. The second-order valence-electron chi connectivity index (χ2n) is 3.60. The molecular formula is C11H13FO4. The minimum Gasteiger partial charge on any atom is -0.488 e. The van der Waals surface area contributed by atoms with Gasteiger partial charge in [0.2, 0.25) is 0 Å². The maximum absolute atomic E-state index is 13.4. The summed E-state index contributed by atoms with van der Waals surface area (Å²) in [6.45, 7) is 3.50. The minimum absolute atomic E-state index is 0.0129. The molecule has 0 aliphatic carbocycles. The Labute approximate surface area is 92.3 Å². The molecule has 0 amide bonds. The molecule has 2 N–H and O–H groups in total. The van der Waals surface area contributed by atoms with Crippen LogP contribution < -0.4 is 4.74 Å². The third-order valence-corrected chi connectivity index (χ3v) is 1.87. The lowest BCUT2D eigenvalue weighted by atomic mass is 10.1. The summed E-state index contributed by atoms with van der Waals surface area (Å²) in [6.07, 6.45) is -1.90. The number of hydrogen-bond donors (Lipinski definition) is 2. The average Bonchev–Trinajstić information content (AvgIpc) is 2.19. The van der Waals surface area contributed by atoms with Crippen molar-refractivity contribution >= 4 is 5.97 Å². The predicted molar refractivity (Wildman–Crippen MR) is 54.8 cm³/mol. The fourth-order valence-corrected chi connectivity index (χ4v) is 1.18. The standard InChI is InChI=1S/C11H13FO4/c1-6(2)16-9-4-3-7(5-8(9)12)10(13)11(14)15/h3-6,10,13H,1-2H3,(H,14,15). The number of ether oxygens (including phenoxy) is 1. The van der Waals surface area contributed by atoms with Crippen LogP contribution in [-0.2, 0) is 4.79 Å². The molecule has 5 heteroatoms. The van der Waals surface area contributed by atoms with Crippen LogP contribution in [0.2, 0.25) is 0 Å². The Morgan fingerprint density at radius 3 is 2.50 bits per heavy atom. The van der Waals surface area contributed by atoms with Gasteiger partial charge in [-0.15, -0.1) is 0 Å². The summed E-state index contributed by atoms with van der Waals surface area (Å²) < 4.78 is 18.5. The Balaban J connectivity index is 2.95. The van der Waals surface area contributed by atoms with Gasteiger partial charge in [-0.2, -0.15) is 0 Å². The number of carboxylic acid groups (broad SMARTS) is 1. The van der Waals surface area contributed by atoms with Crippen molar-refractivity contribution < 1.29 is 24.1 Å². The predicted octanol–water partition coefficient (Wildman–Crippen LogP) is 1.73. The maximum atomic E-state index is 13.4. The van der Waals surface area contributed by atoms with Crippen molar-refractivity contribution in [1.82, 2.24) is 0 Å². The fourth-order valence-electron chi connectivity index (χ4n) is 1.18. The van der Waals surface area contributed by atoms with E-state index in [0.29, 0.717) is 0 Å². The molecule has 1 aromatic carbocycles. The zero-order valence-corrected chi connectivity index (χ0v) is 8.98. The smallest absolute Gasteiger partial charge is 0.337 e. The first-order chi connectivity index (χ1) is 7.41. The van der Waals surface area contributed by atoms with Gasteiger partial charge in [-0.3, -0.25) is 0 Å². The van der Waals surface area contributed by atoms with E-state index in [2.05, 4.69) is 0 Å². The van der Waals surface area contributed by atoms with Crippen molar-refractivity contribution in [2.75, 3.05) is 0 Å². The summed E-state index contributed by atoms with van der Waals surface area (Å²) in [5, 5.41) is 17.7. The van der Waals surface area contributed by atoms with Gasteiger partial charge in [-0.25, -0.2) is 9.18 Å². The first-order valence-electron chi connectivity index (χ1n) is 4.78. The van der Waals surface area contributed by atoms with Gasteiger partial charge in [-0.1, -0.05) is 6.07 Å². The largest absolute Gasteiger partial charge is 0.488 e. The highest BCUT2D eigenvalue weighted by Crippen LogP contribution is 2.23. The van der Waals surface area contributed by atoms with Gasteiger partial charge in [0.15, 0.2) is 17.7 Å². The van der Waals surface area contributed by atoms with Crippen molar-refractivity contribution in [3.63, 3.8) is 0 Å². The number of rotatable bonds is 4. The SMILES string of the molecule is CC(C)Oc1ccc(C(O)C(=O)O)cc1F. The molecule has 0 spiro atoms. The zero-order chi connectivity index (χ0) is 12.3. The quantitative estimate of drug-likeness (QED) is 0.823. The molecule has 0 heterocycles. The van der Waals surface area contributed by atoms with Crippen LogP contribution in [-0.4, -0.2) is 22.3 Å². The lowest BCUT2D eigenvalue weighted by molar-refractivity contribution is -0.146. The summed E-state index contributed by atoms with van der Waals surface area (Å²) in [5.74, 6) is -2.07. The van der Waals surface area contributed by atoms with E-state index in [0.717, 1.165) is 6.07 Å². The highest BCUT2D eigenvalue weighted by Gasteiger charge is 2.17. The lowest BCUT2D eigenvalue weighted by Crippen LogP contribution is -2.11. The number of carboxylic acids is 1. The van der Waals surface area contributed by atoms with E-state index in [9.17, 15) is 14.3 Å². The second kappa shape index (κ2) is 4.94. The number of aliphatic hydroxyl groups is 1. The summed E-state index contributed by atoms with van der Waals surface area (Å²) in [6, 6.07) is 3.58. The first-order valence-corrected chi connectivity index (χ1v) is 4.78. The van der Waals surface area contributed by atoms with Gasteiger partial charge < -0.3 is 14.9 Å². The van der Waals surface area contributed by atoms with E-state index in [1.165, 1.54) is 12.1 Å². The fraction of sp³-hybridized carbons (Fsp3) is 0.364. The van der Waals surface area contributed by atoms with E-state index < -0.39 is 17.9 Å². The Kier molecular flexibility index (Phi) is 3.84. The van der Waals surface area contributed by atoms with Crippen molar-refractivity contribution in [3.8, 4) is 5.75 Å². The maximum Gasteiger partial charge on any atom is 0.337 e. The number of hydrogen-bond acceptors (Lipinski definition) is 3. The monoisotopic (exact) mass is 228 g/mol. The third kappa shape index (κ3) is 2.93. The van der Waals surface area contributed by atoms with Crippen molar-refractivity contribution in [2.45, 2.75) is 26.1 Å². The van der Waals surface area contributed by atoms with Gasteiger partial charge in [0.05, 0.1) is 6.10 Å². The van der Waals surface area contributed by atoms with Gasteiger partial charge >= 0.3 is 5.97 Å². The van der Waals surface area contributed by atoms with Gasteiger partial charge in [0.25, 0.3) is 0 Å². The zero-order valence-electron chi connectivity index (χ0n) is 8.98. The summed E-state index contributed by atoms with van der Waals surface area (Å²) in [7, 11) is 0. The molecule has 0 radical (unpaired) electrons. The Morgan fingerprint density at radius 1 is 1.44 bits per heavy atom. The molecule has 0 bridgehead atoms. The molecule has 16 heavy (non-hydrogen) atoms. The molecule has 0 saturated heterocycles. The van der Waals surface area contributed by atoms with Crippen LogP contribution in [0.3, 0.4) is 0 Å². The number of benzene rings is 1. The van der Waals surface area contributed by atoms with Gasteiger partial charge in [-0.05, 0) is 31.5 Å². The highest BCUT2D eigenvalue weighted by molar-refractivity contribution is 5.74. The van der Waals surface area contributed by atoms with E-state index in [4.69, 9.17) is 9.84 Å². The summed E-state index contributed by atoms with van der Waals surface area (Å²) in [4.78, 5) is 10.5. The normalized spacial score (nSPS) is 12.6. The molecule has 0 fully saturated rings. The molecule has 0 aromatic heterocycles. The molecule has 0 aliphatic rings. The highest BCUT2D eigenvalue weighted by atomic mass is 19.1. The van der Waals surface area contributed by atoms with Gasteiger partial charge in [0, 0.05) is 0 Å². The molecule has 1 aromatic rings. The van der Waals surface area contributed by atoms with E-state index in [1.807, 2.05) is 0 Å². The Morgan fingerprint density at radius 2 is 2.06 bits per heavy atom. The Bertz CT molecular complexity index is 390. The van der Waals surface area contributed by atoms with Crippen LogP contribution in [0.25, 0.3) is 0 Å². The molecule has 0 saturated carbocycles. The van der Waals surface area contributed by atoms with Gasteiger partial charge in [0.1, 0.15) is 0 Å². The summed E-state index contributed by atoms with van der Waals surface area (Å²) >= 11 is 0. The number of aliphatic carboxylic acids is 1. The van der Waals surface area contributed by atoms with Crippen molar-refractivity contribution in [1.29, 1.82) is 0 Å². The topological polar surface area (TPSA) is 66.8 Å². The summed E-state index contributed by atoms with van der Waals surface area (Å²) in [5.41, 5.74) is -0.0129. The van der Waals surface area contributed by atoms with E-state index in [-0.39, 0.29) is 17.4 Å². The average molecular weight is 228 g/mol. The molecule has 88 valence electrons. The van der Waals surface area contributed by atoms with Crippen LogP contribution in [0.1, 0.15) is 25.5 Å². The first kappa shape index (κ1) is 12.4. The van der Waals surface area contributed by atoms with E-state index >= 15 is 0 Å². The molecule has 1 unspecified atom stereocenters. The number of halogens is 1. The van der Waals surface area contributed by atoms with Crippen LogP contribution in [0.5, 0.6) is 5.75 Å². The Hall–Kier alpha value is -1.62. The number of carbonyl (C=O) groups is 1. The van der Waals surface area contributed by atoms with Crippen LogP contribution in [0, 0.1) is 5.82 Å². The third-order valence-electron chi connectivity index (χ3n) is 1.87. The second-order valence-corrected chi connectivity index (χ2v) is 3.60. The molecule has 4 nitrogen and oxygen atoms in total. The lowest BCUT2D eigenvalue weighted by Gasteiger charge is -2.12. The van der Waals surface area contributed by atoms with Crippen LogP contribution >= 0.6 is 0 Å². The van der Waals surface area contributed by atoms with Crippen LogP contribution in [0.15, 0.2) is 18.2 Å². The van der Waals surface area contributed by atoms with Crippen LogP contribution in [0.4, 0.5) is 4.39 Å². The number of aliphatic hydroxyl groups excluding tert-OH is 1. The van der Waals surface area contributed by atoms with Crippen molar-refractivity contribution in [3.05, 3.63) is 29.6 Å². The minimum atomic E-state index is -1.72. The van der Waals surface area contributed by atoms with Crippen molar-refractivity contribution in [2.24, 2.45) is 0 Å².